The van der Waals surface area contributed by atoms with Crippen molar-refractivity contribution in [1.82, 2.24) is 9.97 Å². The van der Waals surface area contributed by atoms with Crippen LogP contribution in [0.15, 0.2) is 54.7 Å². The average Bonchev–Trinajstić information content (AvgIpc) is 2.87. The fraction of sp³-hybridized carbons (Fsp3) is 0.0556. The number of fused-ring (bicyclic) bond motifs is 2. The van der Waals surface area contributed by atoms with Crippen molar-refractivity contribution in [3.05, 3.63) is 60.3 Å². The molecule has 5 nitrogen and oxygen atoms in total. The molecule has 0 saturated carbocycles. The molecule has 0 amide bonds. The fourth-order valence-electron chi connectivity index (χ4n) is 2.75. The number of aromatic hydroxyl groups is 1. The van der Waals surface area contributed by atoms with Crippen molar-refractivity contribution in [2.45, 2.75) is 6.92 Å². The van der Waals surface area contributed by atoms with Crippen LogP contribution in [-0.2, 0) is 0 Å². The molecule has 0 aliphatic heterocycles. The zero-order chi connectivity index (χ0) is 15.8. The third kappa shape index (κ3) is 2.32. The molecule has 5 heteroatoms. The first-order chi connectivity index (χ1) is 11.2. The molecule has 2 aromatic carbocycles. The van der Waals surface area contributed by atoms with Crippen molar-refractivity contribution >= 4 is 33.2 Å². The van der Waals surface area contributed by atoms with E-state index in [1.807, 2.05) is 55.5 Å². The molecule has 0 saturated heterocycles. The topological polar surface area (TPSA) is 73.0 Å². The number of rotatable bonds is 3. The number of hydrogen-bond acceptors (Lipinski definition) is 4. The summed E-state index contributed by atoms with van der Waals surface area (Å²) in [5.74, 6) is 0.103. The molecule has 4 aromatic rings. The Balaban J connectivity index is 1.71. The number of nitrogens with zero attached hydrogens (tertiary/aromatic N) is 1. The molecular weight excluding hydrogens is 288 g/mol. The lowest BCUT2D eigenvalue weighted by Gasteiger charge is -2.11. The lowest BCUT2D eigenvalue weighted by Crippen LogP contribution is -2.09. The van der Waals surface area contributed by atoms with E-state index >= 15 is 0 Å². The number of H-pyrrole nitrogens is 1. The summed E-state index contributed by atoms with van der Waals surface area (Å²) in [5.41, 5.74) is 10.6. The van der Waals surface area contributed by atoms with Gasteiger partial charge in [-0.15, -0.1) is 0 Å². The van der Waals surface area contributed by atoms with Gasteiger partial charge >= 0.3 is 0 Å². The molecule has 2 aromatic heterocycles. The average molecular weight is 304 g/mol. The number of pyridine rings is 1. The number of hydrazine groups is 1. The van der Waals surface area contributed by atoms with E-state index in [-0.39, 0.29) is 5.88 Å². The van der Waals surface area contributed by atoms with E-state index in [0.29, 0.717) is 5.69 Å². The van der Waals surface area contributed by atoms with Gasteiger partial charge in [0.1, 0.15) is 5.69 Å². The Morgan fingerprint density at radius 3 is 2.83 bits per heavy atom. The Morgan fingerprint density at radius 2 is 1.91 bits per heavy atom. The summed E-state index contributed by atoms with van der Waals surface area (Å²) in [6.45, 7) is 2.02. The summed E-state index contributed by atoms with van der Waals surface area (Å²) in [6, 6.07) is 15.8. The molecule has 0 aliphatic rings. The quantitative estimate of drug-likeness (QED) is 0.429. The van der Waals surface area contributed by atoms with Gasteiger partial charge in [-0.2, -0.15) is 0 Å². The number of benzene rings is 2. The van der Waals surface area contributed by atoms with E-state index in [1.54, 1.807) is 6.20 Å². The largest absolute Gasteiger partial charge is 0.493 e. The SMILES string of the molecule is Cc1ccc2[nH]c(O)c(NNc3cccc4cccnc34)c2c1. The van der Waals surface area contributed by atoms with Gasteiger partial charge in [0.05, 0.1) is 16.7 Å². The number of para-hydroxylation sites is 1. The molecule has 114 valence electrons. The van der Waals surface area contributed by atoms with Crippen molar-refractivity contribution in [3.8, 4) is 5.88 Å². The first-order valence-electron chi connectivity index (χ1n) is 7.39. The summed E-state index contributed by atoms with van der Waals surface area (Å²) < 4.78 is 0. The summed E-state index contributed by atoms with van der Waals surface area (Å²) in [4.78, 5) is 7.37. The maximum Gasteiger partial charge on any atom is 0.215 e. The maximum atomic E-state index is 10.1. The van der Waals surface area contributed by atoms with Crippen LogP contribution in [0.3, 0.4) is 0 Å². The monoisotopic (exact) mass is 304 g/mol. The molecule has 0 bridgehead atoms. The maximum absolute atomic E-state index is 10.1. The molecule has 4 rings (SSSR count). The minimum absolute atomic E-state index is 0.103. The molecule has 4 N–H and O–H groups in total. The van der Waals surface area contributed by atoms with Crippen molar-refractivity contribution in [2.75, 3.05) is 10.9 Å². The highest BCUT2D eigenvalue weighted by molar-refractivity contribution is 5.97. The standard InChI is InChI=1S/C18H16N4O/c1-11-7-8-14-13(10-11)17(18(23)20-14)22-21-15-6-2-4-12-5-3-9-19-16(12)15/h2-10,20-23H,1H3. The van der Waals surface area contributed by atoms with Crippen LogP contribution in [0, 0.1) is 6.92 Å². The Bertz CT molecular complexity index is 1000. The minimum atomic E-state index is 0.103. The van der Waals surface area contributed by atoms with Gasteiger partial charge in [-0.25, -0.2) is 0 Å². The lowest BCUT2D eigenvalue weighted by molar-refractivity contribution is 0.460. The van der Waals surface area contributed by atoms with Crippen LogP contribution in [0.2, 0.25) is 0 Å². The number of aromatic nitrogens is 2. The second-order valence-electron chi connectivity index (χ2n) is 5.53. The molecule has 0 spiro atoms. The fourth-order valence-corrected chi connectivity index (χ4v) is 2.75. The van der Waals surface area contributed by atoms with Gasteiger partial charge in [0.15, 0.2) is 0 Å². The molecule has 0 unspecified atom stereocenters. The number of aryl methyl sites for hydroxylation is 1. The van der Waals surface area contributed by atoms with Crippen LogP contribution in [0.4, 0.5) is 11.4 Å². The number of aromatic amines is 1. The van der Waals surface area contributed by atoms with E-state index in [0.717, 1.165) is 33.1 Å². The van der Waals surface area contributed by atoms with Gasteiger partial charge in [-0.3, -0.25) is 15.8 Å². The van der Waals surface area contributed by atoms with Gasteiger partial charge in [0.2, 0.25) is 5.88 Å². The molecule has 0 fully saturated rings. The zero-order valence-electron chi connectivity index (χ0n) is 12.6. The normalized spacial score (nSPS) is 11.0. The molecule has 2 heterocycles. The van der Waals surface area contributed by atoms with Gasteiger partial charge in [-0.05, 0) is 31.2 Å². The third-order valence-electron chi connectivity index (χ3n) is 3.89. The first-order valence-corrected chi connectivity index (χ1v) is 7.39. The molecule has 23 heavy (non-hydrogen) atoms. The van der Waals surface area contributed by atoms with E-state index in [4.69, 9.17) is 0 Å². The Morgan fingerprint density at radius 1 is 1.04 bits per heavy atom. The Kier molecular flexibility index (Phi) is 3.05. The van der Waals surface area contributed by atoms with Gasteiger partial charge in [0, 0.05) is 17.0 Å². The molecule has 0 radical (unpaired) electrons. The van der Waals surface area contributed by atoms with Crippen LogP contribution in [0.1, 0.15) is 5.56 Å². The highest BCUT2D eigenvalue weighted by Crippen LogP contribution is 2.33. The summed E-state index contributed by atoms with van der Waals surface area (Å²) >= 11 is 0. The Hall–Kier alpha value is -3.21. The predicted octanol–water partition coefficient (Wildman–Crippen LogP) is 4.17. The van der Waals surface area contributed by atoms with Crippen molar-refractivity contribution in [1.29, 1.82) is 0 Å². The second kappa shape index (κ2) is 5.21. The predicted molar refractivity (Wildman–Crippen MR) is 93.7 cm³/mol. The second-order valence-corrected chi connectivity index (χ2v) is 5.53. The van der Waals surface area contributed by atoms with Crippen LogP contribution in [0.5, 0.6) is 5.88 Å². The van der Waals surface area contributed by atoms with Gasteiger partial charge < -0.3 is 10.1 Å². The van der Waals surface area contributed by atoms with E-state index in [1.165, 1.54) is 0 Å². The summed E-state index contributed by atoms with van der Waals surface area (Å²) in [5, 5.41) is 12.1. The van der Waals surface area contributed by atoms with Crippen LogP contribution < -0.4 is 10.9 Å². The van der Waals surface area contributed by atoms with Crippen molar-refractivity contribution in [2.24, 2.45) is 0 Å². The summed E-state index contributed by atoms with van der Waals surface area (Å²) in [7, 11) is 0. The first kappa shape index (κ1) is 13.5. The highest BCUT2D eigenvalue weighted by Gasteiger charge is 2.11. The smallest absolute Gasteiger partial charge is 0.215 e. The van der Waals surface area contributed by atoms with Gasteiger partial charge in [-0.1, -0.05) is 29.8 Å². The summed E-state index contributed by atoms with van der Waals surface area (Å²) in [6.07, 6.45) is 1.76. The van der Waals surface area contributed by atoms with Crippen LogP contribution in [-0.4, -0.2) is 15.1 Å². The molecule has 0 atom stereocenters. The highest BCUT2D eigenvalue weighted by atomic mass is 16.3. The minimum Gasteiger partial charge on any atom is -0.493 e. The van der Waals surface area contributed by atoms with E-state index in [2.05, 4.69) is 20.8 Å². The number of nitrogens with one attached hydrogen (secondary N) is 3. The number of anilines is 2. The van der Waals surface area contributed by atoms with Gasteiger partial charge in [0.25, 0.3) is 0 Å². The van der Waals surface area contributed by atoms with E-state index in [9.17, 15) is 5.11 Å². The Labute approximate surface area is 133 Å². The van der Waals surface area contributed by atoms with Crippen LogP contribution in [0.25, 0.3) is 21.8 Å². The number of hydrogen-bond donors (Lipinski definition) is 4. The van der Waals surface area contributed by atoms with E-state index < -0.39 is 0 Å². The lowest BCUT2D eigenvalue weighted by atomic mass is 10.1. The van der Waals surface area contributed by atoms with Crippen molar-refractivity contribution in [3.63, 3.8) is 0 Å². The molecule has 0 aliphatic carbocycles. The zero-order valence-corrected chi connectivity index (χ0v) is 12.6. The third-order valence-corrected chi connectivity index (χ3v) is 3.89. The van der Waals surface area contributed by atoms with Crippen LogP contribution >= 0.6 is 0 Å². The van der Waals surface area contributed by atoms with Crippen molar-refractivity contribution < 1.29 is 5.11 Å². The molecular formula is C18H16N4O.